The summed E-state index contributed by atoms with van der Waals surface area (Å²) < 4.78 is 5.40. The summed E-state index contributed by atoms with van der Waals surface area (Å²) in [6.45, 7) is 8.82. The van der Waals surface area contributed by atoms with Gasteiger partial charge < -0.3 is 14.5 Å². The van der Waals surface area contributed by atoms with Crippen LogP contribution in [0, 0.1) is 11.3 Å². The van der Waals surface area contributed by atoms with Gasteiger partial charge in [0.1, 0.15) is 5.60 Å². The van der Waals surface area contributed by atoms with E-state index >= 15 is 0 Å². The SMILES string of the molecule is C[C@@H]1CN(C(=O)OC(C)(C)C)CCN1C(=O)c1ccc(CC#N)cc1. The molecule has 1 fully saturated rings. The molecule has 0 bridgehead atoms. The summed E-state index contributed by atoms with van der Waals surface area (Å²) in [6.07, 6.45) is -0.00768. The molecule has 1 aromatic rings. The highest BCUT2D eigenvalue weighted by atomic mass is 16.6. The molecule has 6 heteroatoms. The minimum absolute atomic E-state index is 0.0557. The zero-order valence-electron chi connectivity index (χ0n) is 15.3. The van der Waals surface area contributed by atoms with Gasteiger partial charge in [-0.15, -0.1) is 0 Å². The van der Waals surface area contributed by atoms with Gasteiger partial charge in [0.15, 0.2) is 0 Å². The first-order valence-corrected chi connectivity index (χ1v) is 8.46. The molecule has 1 aliphatic rings. The van der Waals surface area contributed by atoms with E-state index in [1.807, 2.05) is 27.7 Å². The van der Waals surface area contributed by atoms with Crippen LogP contribution < -0.4 is 0 Å². The van der Waals surface area contributed by atoms with E-state index in [2.05, 4.69) is 6.07 Å². The standard InChI is InChI=1S/C19H25N3O3/c1-14-13-21(18(24)25-19(2,3)4)11-12-22(14)17(23)16-7-5-15(6-8-16)9-10-20/h5-8,14H,9,11-13H2,1-4H3/t14-/m1/s1. The number of hydrogen-bond donors (Lipinski definition) is 0. The van der Waals surface area contributed by atoms with E-state index in [-0.39, 0.29) is 18.0 Å². The van der Waals surface area contributed by atoms with Crippen molar-refractivity contribution in [3.63, 3.8) is 0 Å². The van der Waals surface area contributed by atoms with Crippen LogP contribution in [0.3, 0.4) is 0 Å². The molecule has 25 heavy (non-hydrogen) atoms. The van der Waals surface area contributed by atoms with Crippen LogP contribution in [0.15, 0.2) is 24.3 Å². The largest absolute Gasteiger partial charge is 0.444 e. The minimum atomic E-state index is -0.529. The number of carbonyl (C=O) groups excluding carboxylic acids is 2. The second-order valence-corrected chi connectivity index (χ2v) is 7.31. The number of hydrogen-bond acceptors (Lipinski definition) is 4. The molecule has 0 N–H and O–H groups in total. The van der Waals surface area contributed by atoms with Crippen molar-refractivity contribution < 1.29 is 14.3 Å². The fourth-order valence-corrected chi connectivity index (χ4v) is 2.77. The predicted octanol–water partition coefficient (Wildman–Crippen LogP) is 2.83. The molecule has 0 radical (unpaired) electrons. The number of carbonyl (C=O) groups is 2. The maximum absolute atomic E-state index is 12.7. The molecular weight excluding hydrogens is 318 g/mol. The second kappa shape index (κ2) is 7.56. The van der Waals surface area contributed by atoms with Crippen LogP contribution >= 0.6 is 0 Å². The zero-order chi connectivity index (χ0) is 18.6. The van der Waals surface area contributed by atoms with Crippen LogP contribution in [0.1, 0.15) is 43.6 Å². The van der Waals surface area contributed by atoms with Gasteiger partial charge in [-0.05, 0) is 45.4 Å². The van der Waals surface area contributed by atoms with E-state index in [4.69, 9.17) is 10.00 Å². The summed E-state index contributed by atoms with van der Waals surface area (Å²) in [5, 5.41) is 8.71. The number of piperazine rings is 1. The molecule has 1 heterocycles. The molecule has 0 saturated carbocycles. The molecule has 134 valence electrons. The maximum Gasteiger partial charge on any atom is 0.410 e. The van der Waals surface area contributed by atoms with E-state index in [0.29, 0.717) is 31.6 Å². The number of amides is 2. The summed E-state index contributed by atoms with van der Waals surface area (Å²) >= 11 is 0. The summed E-state index contributed by atoms with van der Waals surface area (Å²) in [7, 11) is 0. The van der Waals surface area contributed by atoms with Crippen LogP contribution in [-0.4, -0.2) is 53.1 Å². The highest BCUT2D eigenvalue weighted by Gasteiger charge is 2.32. The summed E-state index contributed by atoms with van der Waals surface area (Å²) in [4.78, 5) is 28.3. The number of nitriles is 1. The van der Waals surface area contributed by atoms with Crippen molar-refractivity contribution in [1.82, 2.24) is 9.80 Å². The average molecular weight is 343 g/mol. The molecule has 1 aliphatic heterocycles. The highest BCUT2D eigenvalue weighted by Crippen LogP contribution is 2.17. The molecular formula is C19H25N3O3. The minimum Gasteiger partial charge on any atom is -0.444 e. The number of benzene rings is 1. The van der Waals surface area contributed by atoms with Crippen LogP contribution in [-0.2, 0) is 11.2 Å². The predicted molar refractivity (Wildman–Crippen MR) is 94.1 cm³/mol. The summed E-state index contributed by atoms with van der Waals surface area (Å²) in [5.41, 5.74) is 0.958. The van der Waals surface area contributed by atoms with Gasteiger partial charge in [-0.25, -0.2) is 4.79 Å². The van der Waals surface area contributed by atoms with Gasteiger partial charge in [0, 0.05) is 31.2 Å². The Labute approximate surface area is 149 Å². The average Bonchev–Trinajstić information content (AvgIpc) is 2.53. The van der Waals surface area contributed by atoms with E-state index in [0.717, 1.165) is 5.56 Å². The first-order valence-electron chi connectivity index (χ1n) is 8.46. The quantitative estimate of drug-likeness (QED) is 0.827. The molecule has 2 rings (SSSR count). The molecule has 0 unspecified atom stereocenters. The van der Waals surface area contributed by atoms with Crippen molar-refractivity contribution >= 4 is 12.0 Å². The van der Waals surface area contributed by atoms with Crippen molar-refractivity contribution in [1.29, 1.82) is 5.26 Å². The molecule has 1 saturated heterocycles. The molecule has 2 amide bonds. The van der Waals surface area contributed by atoms with E-state index in [1.165, 1.54) is 0 Å². The van der Waals surface area contributed by atoms with Gasteiger partial charge in [0.05, 0.1) is 12.5 Å². The third-order valence-electron chi connectivity index (χ3n) is 4.02. The monoisotopic (exact) mass is 343 g/mol. The Morgan fingerprint density at radius 2 is 1.88 bits per heavy atom. The van der Waals surface area contributed by atoms with Crippen molar-refractivity contribution in [2.45, 2.75) is 45.8 Å². The maximum atomic E-state index is 12.7. The van der Waals surface area contributed by atoms with Crippen molar-refractivity contribution in [2.24, 2.45) is 0 Å². The molecule has 0 aliphatic carbocycles. The Balaban J connectivity index is 1.99. The van der Waals surface area contributed by atoms with Gasteiger partial charge in [0.25, 0.3) is 5.91 Å². The molecule has 0 aromatic heterocycles. The molecule has 1 atom stereocenters. The van der Waals surface area contributed by atoms with Crippen LogP contribution in [0.2, 0.25) is 0 Å². The van der Waals surface area contributed by atoms with Crippen LogP contribution in [0.5, 0.6) is 0 Å². The van der Waals surface area contributed by atoms with E-state index in [1.54, 1.807) is 34.1 Å². The third-order valence-corrected chi connectivity index (χ3v) is 4.02. The third kappa shape index (κ3) is 4.96. The normalized spacial score (nSPS) is 17.8. The first kappa shape index (κ1) is 18.8. The number of rotatable bonds is 2. The van der Waals surface area contributed by atoms with Gasteiger partial charge in [0.2, 0.25) is 0 Å². The summed E-state index contributed by atoms with van der Waals surface area (Å²) in [6, 6.07) is 9.11. The Kier molecular flexibility index (Phi) is 5.68. The smallest absolute Gasteiger partial charge is 0.410 e. The lowest BCUT2D eigenvalue weighted by atomic mass is 10.1. The van der Waals surface area contributed by atoms with Gasteiger partial charge in [-0.1, -0.05) is 12.1 Å². The van der Waals surface area contributed by atoms with Crippen LogP contribution in [0.4, 0.5) is 4.79 Å². The molecule has 1 aromatic carbocycles. The first-order chi connectivity index (χ1) is 11.7. The number of ether oxygens (including phenoxy) is 1. The van der Waals surface area contributed by atoms with E-state index < -0.39 is 5.60 Å². The van der Waals surface area contributed by atoms with Gasteiger partial charge in [-0.2, -0.15) is 5.26 Å². The summed E-state index contributed by atoms with van der Waals surface area (Å²) in [5.74, 6) is -0.0557. The van der Waals surface area contributed by atoms with Crippen LogP contribution in [0.25, 0.3) is 0 Å². The Bertz CT molecular complexity index is 671. The topological polar surface area (TPSA) is 73.6 Å². The lowest BCUT2D eigenvalue weighted by molar-refractivity contribution is 0.00617. The fourth-order valence-electron chi connectivity index (χ4n) is 2.77. The van der Waals surface area contributed by atoms with Crippen molar-refractivity contribution in [3.8, 4) is 6.07 Å². The van der Waals surface area contributed by atoms with E-state index in [9.17, 15) is 9.59 Å². The fraction of sp³-hybridized carbons (Fsp3) is 0.526. The Hall–Kier alpha value is -2.55. The number of nitrogens with zero attached hydrogens (tertiary/aromatic N) is 3. The lowest BCUT2D eigenvalue weighted by Crippen LogP contribution is -2.56. The van der Waals surface area contributed by atoms with Gasteiger partial charge >= 0.3 is 6.09 Å². The Morgan fingerprint density at radius 3 is 2.40 bits per heavy atom. The van der Waals surface area contributed by atoms with Crippen molar-refractivity contribution in [2.75, 3.05) is 19.6 Å². The van der Waals surface area contributed by atoms with Gasteiger partial charge in [-0.3, -0.25) is 4.79 Å². The lowest BCUT2D eigenvalue weighted by Gasteiger charge is -2.40. The zero-order valence-corrected chi connectivity index (χ0v) is 15.3. The Morgan fingerprint density at radius 1 is 1.24 bits per heavy atom. The second-order valence-electron chi connectivity index (χ2n) is 7.31. The molecule has 6 nitrogen and oxygen atoms in total. The van der Waals surface area contributed by atoms with Crippen molar-refractivity contribution in [3.05, 3.63) is 35.4 Å². The highest BCUT2D eigenvalue weighted by molar-refractivity contribution is 5.94. The molecule has 0 spiro atoms.